The van der Waals surface area contributed by atoms with E-state index in [0.29, 0.717) is 0 Å². The monoisotopic (exact) mass is 586 g/mol. The summed E-state index contributed by atoms with van der Waals surface area (Å²) in [5, 5.41) is 12.7. The fourth-order valence-electron chi connectivity index (χ4n) is 2.39. The van der Waals surface area contributed by atoms with Crippen LogP contribution < -0.4 is 20.1 Å². The van der Waals surface area contributed by atoms with Crippen LogP contribution in [-0.4, -0.2) is 60.5 Å². The van der Waals surface area contributed by atoms with Crippen molar-refractivity contribution in [3.8, 4) is 5.75 Å². The first kappa shape index (κ1) is 31.0. The summed E-state index contributed by atoms with van der Waals surface area (Å²) in [7, 11) is -2.68. The van der Waals surface area contributed by atoms with E-state index < -0.39 is 40.8 Å². The number of aromatic nitrogens is 3. The number of anilines is 4. The van der Waals surface area contributed by atoms with Crippen LogP contribution in [0, 0.1) is 5.82 Å². The third-order valence-electron chi connectivity index (χ3n) is 4.08. The Labute approximate surface area is 215 Å². The standard InChI is InChI=1S/C18H16F4N6O3S.C2HF3O2/c1-23-32(29,30)12-3-4-14(31-9-18(20,21)22)13(6-12)27-16-7-17(26-10-25-16)28-15-5-2-11(19)8-24-15;3-2(4,5)1(6)7/h2-8,10,23H,9H2,1H3,(H2,24,25,26,27,28);(H,6,7). The van der Waals surface area contributed by atoms with Crippen LogP contribution in [0.1, 0.15) is 0 Å². The number of aliphatic carboxylic acids is 1. The van der Waals surface area contributed by atoms with Gasteiger partial charge in [0.25, 0.3) is 0 Å². The molecule has 0 amide bonds. The third-order valence-corrected chi connectivity index (χ3v) is 5.49. The first-order chi connectivity index (χ1) is 18.0. The smallest absolute Gasteiger partial charge is 0.482 e. The summed E-state index contributed by atoms with van der Waals surface area (Å²) in [5.74, 6) is -2.90. The lowest BCUT2D eigenvalue weighted by atomic mass is 10.3. The molecule has 3 rings (SSSR count). The molecule has 212 valence electrons. The Hall–Kier alpha value is -4.26. The fraction of sp³-hybridized carbons (Fsp3) is 0.200. The number of sulfonamides is 1. The van der Waals surface area contributed by atoms with Crippen molar-refractivity contribution < 1.29 is 53.8 Å². The molecule has 0 unspecified atom stereocenters. The second-order valence-electron chi connectivity index (χ2n) is 6.97. The Kier molecular flexibility index (Phi) is 9.94. The van der Waals surface area contributed by atoms with E-state index in [0.717, 1.165) is 30.7 Å². The number of alkyl halides is 6. The van der Waals surface area contributed by atoms with Crippen LogP contribution >= 0.6 is 0 Å². The van der Waals surface area contributed by atoms with Gasteiger partial charge in [-0.3, -0.25) is 0 Å². The average Bonchev–Trinajstić information content (AvgIpc) is 2.84. The van der Waals surface area contributed by atoms with Crippen LogP contribution in [0.4, 0.5) is 53.9 Å². The number of benzene rings is 1. The second-order valence-corrected chi connectivity index (χ2v) is 8.86. The Balaban J connectivity index is 0.000000673. The van der Waals surface area contributed by atoms with E-state index in [-0.39, 0.29) is 33.8 Å². The lowest BCUT2D eigenvalue weighted by Crippen LogP contribution is -2.21. The Morgan fingerprint density at radius 3 is 2.08 bits per heavy atom. The number of nitrogens with zero attached hydrogens (tertiary/aromatic N) is 3. The molecule has 0 saturated carbocycles. The van der Waals surface area contributed by atoms with Gasteiger partial charge in [0.15, 0.2) is 6.61 Å². The zero-order chi connectivity index (χ0) is 29.4. The van der Waals surface area contributed by atoms with Crippen LogP contribution in [0.3, 0.4) is 0 Å². The van der Waals surface area contributed by atoms with E-state index in [9.17, 15) is 39.2 Å². The van der Waals surface area contributed by atoms with Crippen molar-refractivity contribution in [2.75, 3.05) is 24.3 Å². The van der Waals surface area contributed by atoms with Gasteiger partial charge in [-0.05, 0) is 37.4 Å². The number of carboxylic acids is 1. The topological polar surface area (TPSA) is 155 Å². The molecule has 2 aromatic heterocycles. The van der Waals surface area contributed by atoms with Crippen LogP contribution in [0.15, 0.2) is 53.8 Å². The fourth-order valence-corrected chi connectivity index (χ4v) is 3.15. The van der Waals surface area contributed by atoms with Gasteiger partial charge in [0.1, 0.15) is 35.3 Å². The summed E-state index contributed by atoms with van der Waals surface area (Å²) in [4.78, 5) is 20.5. The molecule has 4 N–H and O–H groups in total. The highest BCUT2D eigenvalue weighted by Crippen LogP contribution is 2.32. The predicted molar refractivity (Wildman–Crippen MR) is 121 cm³/mol. The second kappa shape index (κ2) is 12.5. The highest BCUT2D eigenvalue weighted by molar-refractivity contribution is 7.89. The first-order valence-corrected chi connectivity index (χ1v) is 11.5. The lowest BCUT2D eigenvalue weighted by Gasteiger charge is -2.16. The third kappa shape index (κ3) is 10.2. The van der Waals surface area contributed by atoms with Crippen molar-refractivity contribution in [3.05, 3.63) is 54.7 Å². The molecule has 11 nitrogen and oxygen atoms in total. The molecule has 3 aromatic rings. The molecule has 39 heavy (non-hydrogen) atoms. The van der Waals surface area contributed by atoms with Crippen LogP contribution in [0.2, 0.25) is 0 Å². The van der Waals surface area contributed by atoms with E-state index >= 15 is 0 Å². The number of carboxylic acid groups (broad SMARTS) is 1. The number of pyridine rings is 1. The molecular weight excluding hydrogens is 569 g/mol. The van der Waals surface area contributed by atoms with Gasteiger partial charge in [-0.25, -0.2) is 37.3 Å². The normalized spacial score (nSPS) is 11.7. The van der Waals surface area contributed by atoms with Crippen molar-refractivity contribution in [3.63, 3.8) is 0 Å². The van der Waals surface area contributed by atoms with Crippen molar-refractivity contribution in [1.82, 2.24) is 19.7 Å². The minimum atomic E-state index is -5.08. The summed E-state index contributed by atoms with van der Waals surface area (Å²) in [6.07, 6.45) is -7.53. The van der Waals surface area contributed by atoms with Crippen molar-refractivity contribution in [1.29, 1.82) is 0 Å². The van der Waals surface area contributed by atoms with Gasteiger partial charge in [0.2, 0.25) is 10.0 Å². The van der Waals surface area contributed by atoms with Gasteiger partial charge >= 0.3 is 18.3 Å². The zero-order valence-corrected chi connectivity index (χ0v) is 20.1. The highest BCUT2D eigenvalue weighted by atomic mass is 32.2. The molecule has 0 spiro atoms. The number of hydrogen-bond donors (Lipinski definition) is 4. The highest BCUT2D eigenvalue weighted by Gasteiger charge is 2.38. The molecule has 0 bridgehead atoms. The number of halogens is 7. The summed E-state index contributed by atoms with van der Waals surface area (Å²) >= 11 is 0. The van der Waals surface area contributed by atoms with Gasteiger partial charge in [0.05, 0.1) is 16.8 Å². The van der Waals surface area contributed by atoms with Gasteiger partial charge in [-0.15, -0.1) is 0 Å². The minimum Gasteiger partial charge on any atom is -0.482 e. The quantitative estimate of drug-likeness (QED) is 0.285. The zero-order valence-electron chi connectivity index (χ0n) is 19.3. The summed E-state index contributed by atoms with van der Waals surface area (Å²) in [6.45, 7) is -1.58. The Bertz CT molecular complexity index is 1390. The summed E-state index contributed by atoms with van der Waals surface area (Å²) < 4.78 is 114. The molecule has 19 heteroatoms. The number of rotatable bonds is 8. The van der Waals surface area contributed by atoms with E-state index in [2.05, 4.69) is 30.3 Å². The molecule has 0 radical (unpaired) electrons. The minimum absolute atomic E-state index is 0.0740. The number of nitrogens with one attached hydrogen (secondary N) is 3. The largest absolute Gasteiger partial charge is 0.490 e. The van der Waals surface area contributed by atoms with E-state index in [4.69, 9.17) is 14.6 Å². The van der Waals surface area contributed by atoms with E-state index in [1.165, 1.54) is 25.2 Å². The van der Waals surface area contributed by atoms with Gasteiger partial charge in [-0.1, -0.05) is 0 Å². The van der Waals surface area contributed by atoms with E-state index in [1.54, 1.807) is 0 Å². The van der Waals surface area contributed by atoms with Crippen LogP contribution in [0.5, 0.6) is 5.75 Å². The molecule has 0 atom stereocenters. The van der Waals surface area contributed by atoms with Crippen molar-refractivity contribution >= 4 is 39.1 Å². The number of ether oxygens (including phenoxy) is 1. The average molecular weight is 586 g/mol. The molecule has 0 fully saturated rings. The molecule has 1 aromatic carbocycles. The number of hydrogen-bond acceptors (Lipinski definition) is 9. The lowest BCUT2D eigenvalue weighted by molar-refractivity contribution is -0.192. The molecular formula is C20H17F7N6O5S. The molecule has 2 heterocycles. The van der Waals surface area contributed by atoms with Crippen LogP contribution in [0.25, 0.3) is 0 Å². The maximum Gasteiger partial charge on any atom is 0.490 e. The molecule has 0 aliphatic carbocycles. The number of carbonyl (C=O) groups is 1. The summed E-state index contributed by atoms with van der Waals surface area (Å²) in [6, 6.07) is 7.26. The van der Waals surface area contributed by atoms with Crippen LogP contribution in [-0.2, 0) is 14.8 Å². The molecule has 0 aliphatic rings. The predicted octanol–water partition coefficient (Wildman–Crippen LogP) is 3.98. The van der Waals surface area contributed by atoms with Gasteiger partial charge < -0.3 is 20.5 Å². The van der Waals surface area contributed by atoms with Gasteiger partial charge in [0, 0.05) is 6.07 Å². The maximum atomic E-state index is 13.0. The summed E-state index contributed by atoms with van der Waals surface area (Å²) in [5.41, 5.74) is -0.0740. The Morgan fingerprint density at radius 2 is 1.56 bits per heavy atom. The maximum absolute atomic E-state index is 13.0. The first-order valence-electron chi connectivity index (χ1n) is 10.0. The molecule has 0 aliphatic heterocycles. The van der Waals surface area contributed by atoms with Crippen molar-refractivity contribution in [2.24, 2.45) is 0 Å². The van der Waals surface area contributed by atoms with Gasteiger partial charge in [-0.2, -0.15) is 26.3 Å². The van der Waals surface area contributed by atoms with E-state index in [1.807, 2.05) is 0 Å². The van der Waals surface area contributed by atoms with Crippen molar-refractivity contribution in [2.45, 2.75) is 17.2 Å². The Morgan fingerprint density at radius 1 is 0.949 bits per heavy atom. The molecule has 0 saturated heterocycles. The SMILES string of the molecule is CNS(=O)(=O)c1ccc(OCC(F)(F)F)c(Nc2cc(Nc3ccc(F)cn3)ncn2)c1.O=C(O)C(F)(F)F.